The second-order valence-electron chi connectivity index (χ2n) is 3.12. The van der Waals surface area contributed by atoms with Crippen molar-refractivity contribution in [3.8, 4) is 5.75 Å². The maximum absolute atomic E-state index is 11.5. The van der Waals surface area contributed by atoms with Gasteiger partial charge in [-0.15, -0.1) is 0 Å². The van der Waals surface area contributed by atoms with Crippen molar-refractivity contribution in [2.45, 2.75) is 0 Å². The first-order valence-corrected chi connectivity index (χ1v) is 4.41. The Hall–Kier alpha value is -2.10. The van der Waals surface area contributed by atoms with Gasteiger partial charge in [-0.05, 0) is 12.1 Å². The Morgan fingerprint density at radius 2 is 2.13 bits per heavy atom. The van der Waals surface area contributed by atoms with E-state index in [2.05, 4.69) is 4.98 Å². The summed E-state index contributed by atoms with van der Waals surface area (Å²) in [4.78, 5) is 24.9. The topological polar surface area (TPSA) is 59.2 Å². The number of pyridine rings is 1. The van der Waals surface area contributed by atoms with E-state index < -0.39 is 0 Å². The van der Waals surface area contributed by atoms with E-state index in [4.69, 9.17) is 4.74 Å². The highest BCUT2D eigenvalue weighted by atomic mass is 16.5. The van der Waals surface area contributed by atoms with E-state index in [9.17, 15) is 9.59 Å². The van der Waals surface area contributed by atoms with Gasteiger partial charge in [0.2, 0.25) is 0 Å². The van der Waals surface area contributed by atoms with E-state index in [-0.39, 0.29) is 11.1 Å². The van der Waals surface area contributed by atoms with Crippen molar-refractivity contribution < 1.29 is 9.53 Å². The normalized spacial score (nSPS) is 10.2. The molecule has 4 nitrogen and oxygen atoms in total. The largest absolute Gasteiger partial charge is 0.497 e. The Morgan fingerprint density at radius 1 is 1.33 bits per heavy atom. The molecule has 1 N–H and O–H groups in total. The number of aromatic amines is 1. The van der Waals surface area contributed by atoms with Crippen molar-refractivity contribution >= 4 is 17.2 Å². The van der Waals surface area contributed by atoms with Gasteiger partial charge < -0.3 is 9.72 Å². The van der Waals surface area contributed by atoms with Gasteiger partial charge in [0, 0.05) is 17.5 Å². The lowest BCUT2D eigenvalue weighted by atomic mass is 10.2. The minimum atomic E-state index is -0.173. The fraction of sp³-hybridized carbons (Fsp3) is 0.0909. The fourth-order valence-corrected chi connectivity index (χ4v) is 1.44. The lowest BCUT2D eigenvalue weighted by Gasteiger charge is -2.02. The van der Waals surface area contributed by atoms with Gasteiger partial charge in [0.25, 0.3) is 0 Å². The number of hydrogen-bond donors (Lipinski definition) is 1. The van der Waals surface area contributed by atoms with Crippen molar-refractivity contribution in [3.05, 3.63) is 40.2 Å². The van der Waals surface area contributed by atoms with E-state index in [1.165, 1.54) is 6.07 Å². The van der Waals surface area contributed by atoms with Crippen molar-refractivity contribution in [1.29, 1.82) is 0 Å². The number of methoxy groups -OCH3 is 1. The second-order valence-corrected chi connectivity index (χ2v) is 3.12. The first-order valence-electron chi connectivity index (χ1n) is 4.41. The number of hydrogen-bond acceptors (Lipinski definition) is 3. The van der Waals surface area contributed by atoms with Crippen LogP contribution in [-0.2, 0) is 0 Å². The van der Waals surface area contributed by atoms with Crippen molar-refractivity contribution in [2.24, 2.45) is 0 Å². The average Bonchev–Trinajstić information content (AvgIpc) is 2.28. The van der Waals surface area contributed by atoms with E-state index in [0.717, 1.165) is 0 Å². The maximum Gasteiger partial charge on any atom is 0.190 e. The van der Waals surface area contributed by atoms with Crippen LogP contribution >= 0.6 is 0 Å². The minimum absolute atomic E-state index is 0.173. The van der Waals surface area contributed by atoms with Gasteiger partial charge in [0.15, 0.2) is 11.7 Å². The summed E-state index contributed by atoms with van der Waals surface area (Å²) in [5, 5.41) is 0.543. The molecule has 1 aromatic heterocycles. The molecule has 0 atom stereocenters. The number of carbonyl (C=O) groups is 1. The summed E-state index contributed by atoms with van der Waals surface area (Å²) in [5.41, 5.74) is 0.693. The molecule has 0 fully saturated rings. The smallest absolute Gasteiger partial charge is 0.190 e. The quantitative estimate of drug-likeness (QED) is 0.749. The second kappa shape index (κ2) is 3.57. The molecule has 0 radical (unpaired) electrons. The molecule has 0 unspecified atom stereocenters. The maximum atomic E-state index is 11.5. The highest BCUT2D eigenvalue weighted by molar-refractivity contribution is 5.84. The standard InChI is InChI=1S/C11H9NO3/c1-15-8-2-3-9-10(5-8)12-7(6-13)4-11(9)14/h2-6H,1H3,(H,12,14). The molecular weight excluding hydrogens is 194 g/mol. The zero-order chi connectivity index (χ0) is 10.8. The van der Waals surface area contributed by atoms with Crippen LogP contribution in [0.1, 0.15) is 10.5 Å². The summed E-state index contributed by atoms with van der Waals surface area (Å²) >= 11 is 0. The number of benzene rings is 1. The number of carbonyl (C=O) groups excluding carboxylic acids is 1. The van der Waals surface area contributed by atoms with Crippen molar-refractivity contribution in [2.75, 3.05) is 7.11 Å². The van der Waals surface area contributed by atoms with Crippen LogP contribution in [-0.4, -0.2) is 18.4 Å². The Morgan fingerprint density at radius 3 is 2.80 bits per heavy atom. The monoisotopic (exact) mass is 203 g/mol. The molecule has 0 aliphatic carbocycles. The summed E-state index contributed by atoms with van der Waals surface area (Å²) in [7, 11) is 1.54. The van der Waals surface area contributed by atoms with Crippen LogP contribution in [0.25, 0.3) is 10.9 Å². The zero-order valence-electron chi connectivity index (χ0n) is 8.11. The third kappa shape index (κ3) is 1.61. The number of rotatable bonds is 2. The van der Waals surface area contributed by atoms with Gasteiger partial charge in [-0.3, -0.25) is 9.59 Å². The fourth-order valence-electron chi connectivity index (χ4n) is 1.44. The van der Waals surface area contributed by atoms with Crippen LogP contribution in [0.4, 0.5) is 0 Å². The first kappa shape index (κ1) is 9.45. The third-order valence-electron chi connectivity index (χ3n) is 2.18. The van der Waals surface area contributed by atoms with Crippen molar-refractivity contribution in [1.82, 2.24) is 4.98 Å². The van der Waals surface area contributed by atoms with Gasteiger partial charge in [-0.25, -0.2) is 0 Å². The lowest BCUT2D eigenvalue weighted by Crippen LogP contribution is -2.04. The summed E-state index contributed by atoms with van der Waals surface area (Å²) in [5.74, 6) is 0.640. The number of nitrogens with one attached hydrogen (secondary N) is 1. The molecule has 76 valence electrons. The summed E-state index contributed by atoms with van der Waals surface area (Å²) < 4.78 is 5.03. The predicted octanol–water partition coefficient (Wildman–Crippen LogP) is 1.35. The highest BCUT2D eigenvalue weighted by Crippen LogP contribution is 2.16. The van der Waals surface area contributed by atoms with E-state index in [1.807, 2.05) is 0 Å². The molecule has 1 heterocycles. The van der Waals surface area contributed by atoms with Gasteiger partial charge in [-0.2, -0.15) is 0 Å². The molecular formula is C11H9NO3. The van der Waals surface area contributed by atoms with Crippen LogP contribution in [0.2, 0.25) is 0 Å². The molecule has 2 aromatic rings. The zero-order valence-corrected chi connectivity index (χ0v) is 8.11. The Kier molecular flexibility index (Phi) is 2.25. The lowest BCUT2D eigenvalue weighted by molar-refractivity contribution is 0.111. The Labute approximate surface area is 85.5 Å². The average molecular weight is 203 g/mol. The first-order chi connectivity index (χ1) is 7.24. The molecule has 0 saturated heterocycles. The van der Waals surface area contributed by atoms with Crippen LogP contribution in [0.5, 0.6) is 5.75 Å². The molecule has 1 aromatic carbocycles. The number of ether oxygens (including phenoxy) is 1. The highest BCUT2D eigenvalue weighted by Gasteiger charge is 2.02. The van der Waals surface area contributed by atoms with Gasteiger partial charge in [-0.1, -0.05) is 0 Å². The summed E-state index contributed by atoms with van der Waals surface area (Å²) in [6.45, 7) is 0. The molecule has 4 heteroatoms. The predicted molar refractivity (Wildman–Crippen MR) is 56.5 cm³/mol. The molecule has 0 saturated carbocycles. The molecule has 0 spiro atoms. The molecule has 0 bridgehead atoms. The van der Waals surface area contributed by atoms with Crippen LogP contribution in [0.3, 0.4) is 0 Å². The van der Waals surface area contributed by atoms with Gasteiger partial charge in [0.1, 0.15) is 5.75 Å². The number of fused-ring (bicyclic) bond motifs is 1. The third-order valence-corrected chi connectivity index (χ3v) is 2.18. The minimum Gasteiger partial charge on any atom is -0.497 e. The van der Waals surface area contributed by atoms with E-state index in [1.54, 1.807) is 25.3 Å². The Bertz CT molecular complexity index is 572. The molecule has 0 amide bonds. The van der Waals surface area contributed by atoms with E-state index >= 15 is 0 Å². The van der Waals surface area contributed by atoms with Crippen molar-refractivity contribution in [3.63, 3.8) is 0 Å². The van der Waals surface area contributed by atoms with Crippen LogP contribution < -0.4 is 10.2 Å². The number of aromatic nitrogens is 1. The van der Waals surface area contributed by atoms with Gasteiger partial charge >= 0.3 is 0 Å². The summed E-state index contributed by atoms with van der Waals surface area (Å²) in [6, 6.07) is 6.34. The Balaban J connectivity index is 2.80. The summed E-state index contributed by atoms with van der Waals surface area (Å²) in [6.07, 6.45) is 0.611. The van der Waals surface area contributed by atoms with Crippen LogP contribution in [0.15, 0.2) is 29.1 Å². The van der Waals surface area contributed by atoms with Gasteiger partial charge in [0.05, 0.1) is 18.3 Å². The van der Waals surface area contributed by atoms with E-state index in [0.29, 0.717) is 22.9 Å². The molecule has 2 rings (SSSR count). The molecule has 0 aliphatic rings. The molecule has 0 aliphatic heterocycles. The SMILES string of the molecule is COc1ccc2c(=O)cc(C=O)[nH]c2c1. The number of H-pyrrole nitrogens is 1. The number of aldehydes is 1. The van der Waals surface area contributed by atoms with Crippen LogP contribution in [0, 0.1) is 0 Å². The molecule has 15 heavy (non-hydrogen) atoms.